The number of benzene rings is 3. The largest absolute Gasteiger partial charge is 0.326 e. The van der Waals surface area contributed by atoms with Gasteiger partial charge < -0.3 is 15.5 Å². The van der Waals surface area contributed by atoms with E-state index in [1.807, 2.05) is 0 Å². The van der Waals surface area contributed by atoms with Crippen molar-refractivity contribution in [3.8, 4) is 11.1 Å². The maximum atomic E-state index is 15.2. The number of anilines is 2. The van der Waals surface area contributed by atoms with Crippen LogP contribution in [-0.4, -0.2) is 39.2 Å². The van der Waals surface area contributed by atoms with Gasteiger partial charge in [0.2, 0.25) is 5.91 Å². The molecule has 1 fully saturated rings. The zero-order valence-electron chi connectivity index (χ0n) is 20.0. The van der Waals surface area contributed by atoms with Gasteiger partial charge in [-0.2, -0.15) is 0 Å². The molecule has 3 amide bonds. The second kappa shape index (κ2) is 10.3. The van der Waals surface area contributed by atoms with Crippen molar-refractivity contribution < 1.29 is 31.2 Å². The van der Waals surface area contributed by atoms with Gasteiger partial charge in [0.05, 0.1) is 17.1 Å². The predicted octanol–water partition coefficient (Wildman–Crippen LogP) is 4.55. The molecular weight excluding hydrogens is 507 g/mol. The van der Waals surface area contributed by atoms with Gasteiger partial charge in [-0.3, -0.25) is 4.79 Å². The first-order chi connectivity index (χ1) is 17.4. The quantitative estimate of drug-likeness (QED) is 0.488. The van der Waals surface area contributed by atoms with Crippen molar-refractivity contribution in [2.75, 3.05) is 23.0 Å². The predicted molar refractivity (Wildman–Crippen MR) is 134 cm³/mol. The van der Waals surface area contributed by atoms with Gasteiger partial charge in [0, 0.05) is 18.4 Å². The molecule has 1 aliphatic rings. The van der Waals surface area contributed by atoms with E-state index in [1.54, 1.807) is 25.1 Å². The van der Waals surface area contributed by atoms with Gasteiger partial charge in [0.25, 0.3) is 0 Å². The fourth-order valence-electron chi connectivity index (χ4n) is 4.24. The molecule has 0 spiro atoms. The number of nitrogens with zero attached hydrogens (tertiary/aromatic N) is 1. The Balaban J connectivity index is 1.52. The molecule has 1 saturated heterocycles. The molecule has 37 heavy (non-hydrogen) atoms. The average molecular weight is 532 g/mol. The molecule has 3 aromatic rings. The van der Waals surface area contributed by atoms with Crippen molar-refractivity contribution in [1.29, 1.82) is 0 Å². The molecule has 2 N–H and O–H groups in total. The van der Waals surface area contributed by atoms with Gasteiger partial charge in [-0.1, -0.05) is 30.3 Å². The third-order valence-electron chi connectivity index (χ3n) is 5.96. The van der Waals surface area contributed by atoms with E-state index in [-0.39, 0.29) is 41.2 Å². The Hall–Kier alpha value is -3.86. The summed E-state index contributed by atoms with van der Waals surface area (Å²) in [5, 5.41) is 4.77. The number of carbonyl (C=O) groups excluding carboxylic acids is 2. The summed E-state index contributed by atoms with van der Waals surface area (Å²) in [6.07, 6.45) is 1.17. The molecule has 0 aliphatic carbocycles. The Morgan fingerprint density at radius 1 is 1.03 bits per heavy atom. The van der Waals surface area contributed by atoms with Gasteiger partial charge in [-0.15, -0.1) is 0 Å². The minimum Gasteiger partial charge on any atom is -0.326 e. The smallest absolute Gasteiger partial charge is 0.319 e. The highest BCUT2D eigenvalue weighted by Crippen LogP contribution is 2.34. The van der Waals surface area contributed by atoms with E-state index in [0.29, 0.717) is 11.1 Å². The van der Waals surface area contributed by atoms with Crippen LogP contribution in [0.2, 0.25) is 0 Å². The number of sulfone groups is 1. The van der Waals surface area contributed by atoms with Crippen LogP contribution in [0.3, 0.4) is 0 Å². The van der Waals surface area contributed by atoms with Crippen molar-refractivity contribution in [2.24, 2.45) is 0 Å². The zero-order chi connectivity index (χ0) is 26.9. The van der Waals surface area contributed by atoms with Gasteiger partial charge in [-0.25, -0.2) is 26.4 Å². The number of urea groups is 1. The number of rotatable bonds is 6. The maximum Gasteiger partial charge on any atom is 0.319 e. The number of halogens is 3. The van der Waals surface area contributed by atoms with Crippen molar-refractivity contribution in [1.82, 2.24) is 5.32 Å². The van der Waals surface area contributed by atoms with E-state index >= 15 is 8.78 Å². The lowest BCUT2D eigenvalue weighted by Crippen LogP contribution is -2.43. The first-order valence-corrected chi connectivity index (χ1v) is 13.4. The van der Waals surface area contributed by atoms with E-state index in [9.17, 15) is 22.4 Å². The van der Waals surface area contributed by atoms with Crippen LogP contribution in [0.1, 0.15) is 17.5 Å². The SMILES string of the molecule is Cc1ccc(NC(=O)N[C@@H]2CCN(c3ccc(-c4ccccc4CS(C)(=O)=O)c(F)c3F)C2=O)c(F)c1. The van der Waals surface area contributed by atoms with E-state index in [1.165, 1.54) is 36.4 Å². The topological polar surface area (TPSA) is 95.6 Å². The van der Waals surface area contributed by atoms with Crippen LogP contribution in [0, 0.1) is 24.4 Å². The Morgan fingerprint density at radius 3 is 2.46 bits per heavy atom. The second-order valence-corrected chi connectivity index (χ2v) is 11.0. The maximum absolute atomic E-state index is 15.2. The van der Waals surface area contributed by atoms with E-state index in [0.717, 1.165) is 11.2 Å². The molecule has 1 heterocycles. The van der Waals surface area contributed by atoms with Crippen molar-refractivity contribution in [3.05, 3.63) is 83.2 Å². The summed E-state index contributed by atoms with van der Waals surface area (Å²) in [5.41, 5.74) is 0.703. The van der Waals surface area contributed by atoms with Crippen LogP contribution in [-0.2, 0) is 20.4 Å². The number of amides is 3. The molecule has 1 aliphatic heterocycles. The van der Waals surface area contributed by atoms with Crippen LogP contribution in [0.15, 0.2) is 54.6 Å². The molecule has 0 aromatic heterocycles. The minimum absolute atomic E-state index is 0.0169. The van der Waals surface area contributed by atoms with E-state index in [4.69, 9.17) is 0 Å². The second-order valence-electron chi connectivity index (χ2n) is 8.90. The molecule has 0 bridgehead atoms. The average Bonchev–Trinajstić information content (AvgIpc) is 3.17. The van der Waals surface area contributed by atoms with Crippen molar-refractivity contribution >= 4 is 33.2 Å². The summed E-state index contributed by atoms with van der Waals surface area (Å²) in [7, 11) is -3.43. The number of hydrogen-bond acceptors (Lipinski definition) is 4. The monoisotopic (exact) mass is 531 g/mol. The van der Waals surface area contributed by atoms with Gasteiger partial charge >= 0.3 is 6.03 Å². The molecule has 3 aromatic carbocycles. The Bertz CT molecular complexity index is 1490. The third-order valence-corrected chi connectivity index (χ3v) is 6.80. The summed E-state index contributed by atoms with van der Waals surface area (Å²) in [6, 6.07) is 11.2. The lowest BCUT2D eigenvalue weighted by molar-refractivity contribution is -0.118. The Kier molecular flexibility index (Phi) is 7.26. The van der Waals surface area contributed by atoms with Crippen LogP contribution >= 0.6 is 0 Å². The van der Waals surface area contributed by atoms with Gasteiger partial charge in [0.1, 0.15) is 11.9 Å². The molecule has 4 rings (SSSR count). The summed E-state index contributed by atoms with van der Waals surface area (Å²) < 4.78 is 67.9. The first-order valence-electron chi connectivity index (χ1n) is 11.3. The first kappa shape index (κ1) is 26.2. The highest BCUT2D eigenvalue weighted by Gasteiger charge is 2.36. The molecule has 1 atom stereocenters. The minimum atomic E-state index is -3.43. The molecule has 7 nitrogen and oxygen atoms in total. The Labute approximate surface area is 212 Å². The van der Waals surface area contributed by atoms with Crippen molar-refractivity contribution in [3.63, 3.8) is 0 Å². The van der Waals surface area contributed by atoms with Crippen LogP contribution in [0.25, 0.3) is 11.1 Å². The number of hydrogen-bond donors (Lipinski definition) is 2. The molecular formula is C26H24F3N3O4S. The lowest BCUT2D eigenvalue weighted by Gasteiger charge is -2.20. The lowest BCUT2D eigenvalue weighted by atomic mass is 9.99. The zero-order valence-corrected chi connectivity index (χ0v) is 20.8. The summed E-state index contributed by atoms with van der Waals surface area (Å²) in [4.78, 5) is 26.2. The highest BCUT2D eigenvalue weighted by atomic mass is 32.2. The van der Waals surface area contributed by atoms with Crippen molar-refractivity contribution in [2.45, 2.75) is 25.1 Å². The standard InChI is InChI=1S/C26H24F3N3O4S/c1-15-7-9-20(19(27)13-15)30-26(34)31-21-11-12-32(25(21)33)22-10-8-18(23(28)24(22)29)17-6-4-3-5-16(17)14-37(2,35)36/h3-10,13,21H,11-12,14H2,1-2H3,(H2,30,31,34)/t21-/m1/s1. The fraction of sp³-hybridized carbons (Fsp3) is 0.231. The summed E-state index contributed by atoms with van der Waals surface area (Å²) in [5.74, 6) is -4.13. The normalized spacial score (nSPS) is 15.6. The van der Waals surface area contributed by atoms with Crippen LogP contribution < -0.4 is 15.5 Å². The van der Waals surface area contributed by atoms with E-state index in [2.05, 4.69) is 10.6 Å². The summed E-state index contributed by atoms with van der Waals surface area (Å²) >= 11 is 0. The molecule has 0 radical (unpaired) electrons. The molecule has 0 saturated carbocycles. The summed E-state index contributed by atoms with van der Waals surface area (Å²) in [6.45, 7) is 1.71. The number of nitrogens with one attached hydrogen (secondary N) is 2. The molecule has 194 valence electrons. The molecule has 11 heteroatoms. The van der Waals surface area contributed by atoms with Gasteiger partial charge in [-0.05, 0) is 54.3 Å². The van der Waals surface area contributed by atoms with E-state index < -0.39 is 45.3 Å². The fourth-order valence-corrected chi connectivity index (χ4v) is 5.06. The third kappa shape index (κ3) is 5.77. The Morgan fingerprint density at radius 2 is 1.76 bits per heavy atom. The van der Waals surface area contributed by atoms with Crippen LogP contribution in [0.4, 0.5) is 29.3 Å². The van der Waals surface area contributed by atoms with Gasteiger partial charge in [0.15, 0.2) is 21.5 Å². The number of carbonyl (C=O) groups is 2. The molecule has 0 unspecified atom stereocenters. The number of aryl methyl sites for hydroxylation is 1. The van der Waals surface area contributed by atoms with Crippen LogP contribution in [0.5, 0.6) is 0 Å². The highest BCUT2D eigenvalue weighted by molar-refractivity contribution is 7.89.